The average Bonchev–Trinajstić information content (AvgIpc) is 3.15. The molecule has 2 fully saturated rings. The smallest absolute Gasteiger partial charge is 0.251 e. The van der Waals surface area contributed by atoms with Gasteiger partial charge < -0.3 is 14.8 Å². The Bertz CT molecular complexity index is 1040. The van der Waals surface area contributed by atoms with Crippen LogP contribution >= 0.6 is 0 Å². The van der Waals surface area contributed by atoms with Gasteiger partial charge in [-0.05, 0) is 42.5 Å². The van der Waals surface area contributed by atoms with E-state index < -0.39 is 5.67 Å². The van der Waals surface area contributed by atoms with Crippen molar-refractivity contribution in [2.75, 3.05) is 18.0 Å². The summed E-state index contributed by atoms with van der Waals surface area (Å²) in [5.74, 6) is 0.699. The highest BCUT2D eigenvalue weighted by molar-refractivity contribution is 5.94. The number of halogens is 1. The van der Waals surface area contributed by atoms with Gasteiger partial charge in [-0.2, -0.15) is 0 Å². The molecule has 1 aliphatic carbocycles. The molecule has 2 aliphatic rings. The molecule has 2 atom stereocenters. The van der Waals surface area contributed by atoms with Crippen LogP contribution < -0.4 is 10.2 Å². The molecule has 1 N–H and O–H groups in total. The standard InChI is InChI=1S/C22H22FN5O/c23-22-12-18(22)6-9-27(14-22)20-11-16(5-7-25-20)21(29)26-13-17-3-1-2-4-19(17)28-10-8-24-15-28/h1-5,7-8,10-11,15,18H,6,9,12-14H2,(H,26,29). The van der Waals surface area contributed by atoms with Crippen LogP contribution in [0.15, 0.2) is 61.3 Å². The summed E-state index contributed by atoms with van der Waals surface area (Å²) in [7, 11) is 0. The van der Waals surface area contributed by atoms with Crippen molar-refractivity contribution in [1.29, 1.82) is 0 Å². The fraction of sp³-hybridized carbons (Fsp3) is 0.318. The van der Waals surface area contributed by atoms with Gasteiger partial charge in [0.15, 0.2) is 0 Å². The maximum atomic E-state index is 14.4. The number of rotatable bonds is 5. The third-order valence-electron chi connectivity index (χ3n) is 5.90. The molecule has 0 radical (unpaired) electrons. The summed E-state index contributed by atoms with van der Waals surface area (Å²) in [6.45, 7) is 1.55. The first-order valence-electron chi connectivity index (χ1n) is 9.87. The van der Waals surface area contributed by atoms with Gasteiger partial charge in [0.05, 0.1) is 18.6 Å². The summed E-state index contributed by atoms with van der Waals surface area (Å²) in [4.78, 5) is 23.1. The average molecular weight is 391 g/mol. The molecule has 1 amide bonds. The van der Waals surface area contributed by atoms with Gasteiger partial charge in [0.2, 0.25) is 0 Å². The topological polar surface area (TPSA) is 63.1 Å². The number of alkyl halides is 1. The highest BCUT2D eigenvalue weighted by atomic mass is 19.1. The van der Waals surface area contributed by atoms with Crippen molar-refractivity contribution in [3.05, 3.63) is 72.4 Å². The summed E-state index contributed by atoms with van der Waals surface area (Å²) in [6.07, 6.45) is 8.44. The lowest BCUT2D eigenvalue weighted by molar-refractivity contribution is 0.0951. The monoisotopic (exact) mass is 391 g/mol. The molecule has 2 unspecified atom stereocenters. The lowest BCUT2D eigenvalue weighted by Gasteiger charge is -2.30. The number of anilines is 1. The Hall–Kier alpha value is -3.22. The number of pyridine rings is 1. The molecule has 1 saturated carbocycles. The first-order valence-corrected chi connectivity index (χ1v) is 9.87. The molecular weight excluding hydrogens is 369 g/mol. The Balaban J connectivity index is 1.29. The van der Waals surface area contributed by atoms with Crippen molar-refractivity contribution >= 4 is 11.7 Å². The number of piperidine rings is 1. The van der Waals surface area contributed by atoms with Crippen LogP contribution in [-0.4, -0.2) is 39.2 Å². The molecule has 0 spiro atoms. The third kappa shape index (κ3) is 3.48. The van der Waals surface area contributed by atoms with E-state index in [2.05, 4.69) is 15.3 Å². The van der Waals surface area contributed by atoms with Crippen LogP contribution in [0.5, 0.6) is 0 Å². The fourth-order valence-electron chi connectivity index (χ4n) is 4.13. The maximum Gasteiger partial charge on any atom is 0.251 e. The number of imidazole rings is 1. The van der Waals surface area contributed by atoms with Gasteiger partial charge in [0, 0.05) is 37.2 Å². The number of hydrogen-bond donors (Lipinski definition) is 1. The lowest BCUT2D eigenvalue weighted by atomic mass is 10.1. The van der Waals surface area contributed by atoms with Crippen LogP contribution in [0.2, 0.25) is 0 Å². The highest BCUT2D eigenvalue weighted by Crippen LogP contribution is 2.52. The number of nitrogens with one attached hydrogen (secondary N) is 1. The molecule has 148 valence electrons. The van der Waals surface area contributed by atoms with Crippen molar-refractivity contribution in [3.63, 3.8) is 0 Å². The minimum Gasteiger partial charge on any atom is -0.353 e. The summed E-state index contributed by atoms with van der Waals surface area (Å²) in [5, 5.41) is 2.98. The van der Waals surface area contributed by atoms with E-state index in [0.717, 1.165) is 24.2 Å². The van der Waals surface area contributed by atoms with Crippen LogP contribution in [0, 0.1) is 5.92 Å². The zero-order valence-corrected chi connectivity index (χ0v) is 16.0. The summed E-state index contributed by atoms with van der Waals surface area (Å²) in [5.41, 5.74) is 1.43. The molecule has 1 aromatic carbocycles. The quantitative estimate of drug-likeness (QED) is 0.726. The molecule has 6 nitrogen and oxygen atoms in total. The van der Waals surface area contributed by atoms with Crippen molar-refractivity contribution in [2.45, 2.75) is 25.1 Å². The highest BCUT2D eigenvalue weighted by Gasteiger charge is 2.58. The molecule has 3 heterocycles. The first-order chi connectivity index (χ1) is 14.1. The zero-order valence-electron chi connectivity index (χ0n) is 16.0. The molecule has 3 aromatic rings. The van der Waals surface area contributed by atoms with Crippen molar-refractivity contribution < 1.29 is 9.18 Å². The molecule has 7 heteroatoms. The number of aromatic nitrogens is 3. The fourth-order valence-corrected chi connectivity index (χ4v) is 4.13. The third-order valence-corrected chi connectivity index (χ3v) is 5.90. The van der Waals surface area contributed by atoms with E-state index in [1.807, 2.05) is 39.9 Å². The minimum atomic E-state index is -1.06. The second-order valence-corrected chi connectivity index (χ2v) is 7.83. The van der Waals surface area contributed by atoms with Gasteiger partial charge in [-0.15, -0.1) is 0 Å². The van der Waals surface area contributed by atoms with Crippen LogP contribution in [0.1, 0.15) is 28.8 Å². The van der Waals surface area contributed by atoms with Gasteiger partial charge in [-0.1, -0.05) is 18.2 Å². The summed E-state index contributed by atoms with van der Waals surface area (Å²) >= 11 is 0. The van der Waals surface area contributed by atoms with Gasteiger partial charge >= 0.3 is 0 Å². The van der Waals surface area contributed by atoms with Gasteiger partial charge in [0.25, 0.3) is 5.91 Å². The number of carbonyl (C=O) groups is 1. The zero-order chi connectivity index (χ0) is 19.8. The van der Waals surface area contributed by atoms with Crippen molar-refractivity contribution in [2.24, 2.45) is 5.92 Å². The summed E-state index contributed by atoms with van der Waals surface area (Å²) < 4.78 is 16.4. The second-order valence-electron chi connectivity index (χ2n) is 7.83. The van der Waals surface area contributed by atoms with Crippen LogP contribution in [-0.2, 0) is 6.54 Å². The van der Waals surface area contributed by atoms with Gasteiger partial charge in [-0.25, -0.2) is 14.4 Å². The molecule has 1 saturated heterocycles. The second kappa shape index (κ2) is 6.99. The number of amides is 1. The number of nitrogens with zero attached hydrogens (tertiary/aromatic N) is 4. The molecule has 29 heavy (non-hydrogen) atoms. The van der Waals surface area contributed by atoms with Gasteiger partial charge in [-0.3, -0.25) is 4.79 Å². The number of fused-ring (bicyclic) bond motifs is 1. The molecule has 5 rings (SSSR count). The molecular formula is C22H22FN5O. The number of hydrogen-bond acceptors (Lipinski definition) is 4. The van der Waals surface area contributed by atoms with Crippen LogP contribution in [0.25, 0.3) is 5.69 Å². The van der Waals surface area contributed by atoms with E-state index >= 15 is 0 Å². The first kappa shape index (κ1) is 17.8. The number of para-hydroxylation sites is 1. The number of carbonyl (C=O) groups excluding carboxylic acids is 1. The largest absolute Gasteiger partial charge is 0.353 e. The van der Waals surface area contributed by atoms with Gasteiger partial charge in [0.1, 0.15) is 11.5 Å². The maximum absolute atomic E-state index is 14.4. The van der Waals surface area contributed by atoms with E-state index in [1.165, 1.54) is 0 Å². The van der Waals surface area contributed by atoms with Crippen LogP contribution in [0.3, 0.4) is 0 Å². The van der Waals surface area contributed by atoms with E-state index in [0.29, 0.717) is 30.9 Å². The van der Waals surface area contributed by atoms with E-state index in [4.69, 9.17) is 0 Å². The predicted octanol–water partition coefficient (Wildman–Crippen LogP) is 3.14. The Kier molecular flexibility index (Phi) is 4.30. The Labute approximate surface area is 168 Å². The van der Waals surface area contributed by atoms with E-state index in [1.54, 1.807) is 30.9 Å². The normalized spacial score (nSPS) is 22.8. The Morgan fingerprint density at radius 3 is 3.00 bits per heavy atom. The summed E-state index contributed by atoms with van der Waals surface area (Å²) in [6, 6.07) is 11.3. The molecule has 1 aliphatic heterocycles. The molecule has 2 aromatic heterocycles. The van der Waals surface area contributed by atoms with E-state index in [9.17, 15) is 9.18 Å². The minimum absolute atomic E-state index is 0.176. The lowest BCUT2D eigenvalue weighted by Crippen LogP contribution is -2.38. The SMILES string of the molecule is O=C(NCc1ccccc1-n1ccnc1)c1ccnc(N2CCC3CC3(F)C2)c1. The van der Waals surface area contributed by atoms with Crippen molar-refractivity contribution in [3.8, 4) is 5.69 Å². The Morgan fingerprint density at radius 2 is 2.17 bits per heavy atom. The predicted molar refractivity (Wildman–Crippen MR) is 108 cm³/mol. The Morgan fingerprint density at radius 1 is 1.28 bits per heavy atom. The van der Waals surface area contributed by atoms with E-state index in [-0.39, 0.29) is 11.8 Å². The molecule has 0 bridgehead atoms. The van der Waals surface area contributed by atoms with Crippen LogP contribution in [0.4, 0.5) is 10.2 Å². The number of benzene rings is 1. The van der Waals surface area contributed by atoms with Crippen molar-refractivity contribution in [1.82, 2.24) is 19.9 Å².